The molecule has 0 fully saturated rings. The SMILES string of the molecule is COc1cc(I)c(CC2=[N+](C)CCc3cc(OC)c(OC)cc32)cc1OC.[I-]. The second kappa shape index (κ2) is 10.00. The molecule has 0 bridgehead atoms. The van der Waals surface area contributed by atoms with Crippen LogP contribution >= 0.6 is 22.6 Å². The number of likely N-dealkylation sites (N-methyl/N-ethyl adjacent to an activating group) is 1. The maximum atomic E-state index is 5.53. The number of benzene rings is 2. The lowest BCUT2D eigenvalue weighted by Gasteiger charge is -2.20. The fourth-order valence-electron chi connectivity index (χ4n) is 3.47. The van der Waals surface area contributed by atoms with Gasteiger partial charge in [0, 0.05) is 15.6 Å². The van der Waals surface area contributed by atoms with Gasteiger partial charge in [-0.3, -0.25) is 0 Å². The summed E-state index contributed by atoms with van der Waals surface area (Å²) in [5.41, 5.74) is 4.98. The first kappa shape index (κ1) is 23.1. The standard InChI is InChI=1S/C21H25INO4.HI/c1-23-7-6-13-9-18(24-2)20(26-4)11-15(13)17(23)8-14-10-19(25-3)21(27-5)12-16(14)22;/h9-12H,6-8H2,1-5H3;1H/q+1;/p-1. The molecule has 0 aliphatic carbocycles. The first-order chi connectivity index (χ1) is 13.0. The van der Waals surface area contributed by atoms with Crippen LogP contribution in [0, 0.1) is 3.57 Å². The largest absolute Gasteiger partial charge is 1.00 e. The molecule has 28 heavy (non-hydrogen) atoms. The van der Waals surface area contributed by atoms with Crippen molar-refractivity contribution in [2.24, 2.45) is 0 Å². The van der Waals surface area contributed by atoms with Gasteiger partial charge in [-0.25, -0.2) is 4.58 Å². The monoisotopic (exact) mass is 609 g/mol. The summed E-state index contributed by atoms with van der Waals surface area (Å²) in [4.78, 5) is 0. The summed E-state index contributed by atoms with van der Waals surface area (Å²) in [7, 11) is 8.82. The molecule has 0 radical (unpaired) electrons. The molecule has 1 aliphatic heterocycles. The molecule has 0 spiro atoms. The van der Waals surface area contributed by atoms with Crippen LogP contribution in [-0.4, -0.2) is 52.3 Å². The van der Waals surface area contributed by atoms with Gasteiger partial charge in [0.15, 0.2) is 28.7 Å². The minimum absolute atomic E-state index is 0. The molecule has 0 aromatic heterocycles. The highest BCUT2D eigenvalue weighted by Crippen LogP contribution is 2.35. The molecule has 0 unspecified atom stereocenters. The van der Waals surface area contributed by atoms with Gasteiger partial charge in [0.25, 0.3) is 0 Å². The van der Waals surface area contributed by atoms with Gasteiger partial charge in [-0.2, -0.15) is 0 Å². The third-order valence-corrected chi connectivity index (χ3v) is 6.01. The third-order valence-electron chi connectivity index (χ3n) is 5.01. The molecule has 0 saturated heterocycles. The molecule has 152 valence electrons. The van der Waals surface area contributed by atoms with Gasteiger partial charge in [0.1, 0.15) is 13.6 Å². The molecule has 0 N–H and O–H groups in total. The van der Waals surface area contributed by atoms with Crippen molar-refractivity contribution in [3.8, 4) is 23.0 Å². The highest BCUT2D eigenvalue weighted by molar-refractivity contribution is 14.1. The topological polar surface area (TPSA) is 39.9 Å². The van der Waals surface area contributed by atoms with Crippen molar-refractivity contribution in [1.29, 1.82) is 0 Å². The number of hydrogen-bond donors (Lipinski definition) is 0. The Morgan fingerprint density at radius 1 is 0.857 bits per heavy atom. The summed E-state index contributed by atoms with van der Waals surface area (Å²) in [6.45, 7) is 0.974. The lowest BCUT2D eigenvalue weighted by Crippen LogP contribution is -3.00. The first-order valence-electron chi connectivity index (χ1n) is 8.75. The van der Waals surface area contributed by atoms with Crippen molar-refractivity contribution >= 4 is 28.3 Å². The van der Waals surface area contributed by atoms with E-state index < -0.39 is 0 Å². The van der Waals surface area contributed by atoms with E-state index in [1.165, 1.54) is 22.4 Å². The number of hydrogen-bond acceptors (Lipinski definition) is 4. The average molecular weight is 609 g/mol. The molecule has 3 rings (SSSR count). The molecule has 0 atom stereocenters. The van der Waals surface area contributed by atoms with Crippen LogP contribution in [0.4, 0.5) is 0 Å². The zero-order chi connectivity index (χ0) is 19.6. The third kappa shape index (κ3) is 4.50. The lowest BCUT2D eigenvalue weighted by atomic mass is 9.92. The summed E-state index contributed by atoms with van der Waals surface area (Å²) in [6, 6.07) is 8.28. The molecule has 0 saturated carbocycles. The van der Waals surface area contributed by atoms with Crippen molar-refractivity contribution in [1.82, 2.24) is 0 Å². The van der Waals surface area contributed by atoms with E-state index >= 15 is 0 Å². The smallest absolute Gasteiger partial charge is 0.187 e. The predicted molar refractivity (Wildman–Crippen MR) is 114 cm³/mol. The van der Waals surface area contributed by atoms with Crippen molar-refractivity contribution in [3.63, 3.8) is 0 Å². The van der Waals surface area contributed by atoms with Gasteiger partial charge in [-0.15, -0.1) is 0 Å². The molecule has 0 amide bonds. The highest BCUT2D eigenvalue weighted by atomic mass is 127. The summed E-state index contributed by atoms with van der Waals surface area (Å²) >= 11 is 2.36. The van der Waals surface area contributed by atoms with E-state index in [0.717, 1.165) is 46.0 Å². The fourth-order valence-corrected chi connectivity index (χ4v) is 4.10. The quantitative estimate of drug-likeness (QED) is 0.355. The maximum Gasteiger partial charge on any atom is 0.187 e. The molecule has 2 aromatic carbocycles. The van der Waals surface area contributed by atoms with Crippen LogP contribution in [0.25, 0.3) is 0 Å². The van der Waals surface area contributed by atoms with Gasteiger partial charge in [0.05, 0.1) is 34.9 Å². The Kier molecular flexibility index (Phi) is 8.23. The first-order valence-corrected chi connectivity index (χ1v) is 9.82. The van der Waals surface area contributed by atoms with Crippen molar-refractivity contribution in [2.45, 2.75) is 12.8 Å². The molecular weight excluding hydrogens is 584 g/mol. The van der Waals surface area contributed by atoms with Crippen LogP contribution in [0.5, 0.6) is 23.0 Å². The van der Waals surface area contributed by atoms with Crippen molar-refractivity contribution < 1.29 is 47.5 Å². The van der Waals surface area contributed by atoms with Gasteiger partial charge in [0.2, 0.25) is 0 Å². The Balaban J connectivity index is 0.00000280. The molecule has 7 heteroatoms. The summed E-state index contributed by atoms with van der Waals surface area (Å²) < 4.78 is 25.4. The minimum Gasteiger partial charge on any atom is -1.00 e. The Bertz CT molecular complexity index is 896. The van der Waals surface area contributed by atoms with E-state index in [0.29, 0.717) is 0 Å². The van der Waals surface area contributed by atoms with Crippen LogP contribution < -0.4 is 42.9 Å². The van der Waals surface area contributed by atoms with Crippen LogP contribution in [0.15, 0.2) is 24.3 Å². The number of nitrogens with zero attached hydrogens (tertiary/aromatic N) is 1. The normalized spacial score (nSPS) is 12.8. The fraction of sp³-hybridized carbons (Fsp3) is 0.381. The van der Waals surface area contributed by atoms with E-state index in [2.05, 4.69) is 52.4 Å². The molecule has 1 heterocycles. The molecule has 1 aliphatic rings. The second-order valence-electron chi connectivity index (χ2n) is 6.46. The van der Waals surface area contributed by atoms with Gasteiger partial charge < -0.3 is 42.9 Å². The van der Waals surface area contributed by atoms with E-state index in [1.807, 2.05) is 6.07 Å². The minimum atomic E-state index is 0. The number of fused-ring (bicyclic) bond motifs is 1. The van der Waals surface area contributed by atoms with Crippen LogP contribution in [0.3, 0.4) is 0 Å². The van der Waals surface area contributed by atoms with Crippen LogP contribution in [0.2, 0.25) is 0 Å². The summed E-state index contributed by atoms with van der Waals surface area (Å²) in [5, 5.41) is 0. The average Bonchev–Trinajstić information content (AvgIpc) is 2.69. The second-order valence-corrected chi connectivity index (χ2v) is 7.62. The zero-order valence-electron chi connectivity index (χ0n) is 16.8. The van der Waals surface area contributed by atoms with Gasteiger partial charge in [-0.1, -0.05) is 0 Å². The predicted octanol–water partition coefficient (Wildman–Crippen LogP) is 0.560. The van der Waals surface area contributed by atoms with Crippen molar-refractivity contribution in [2.75, 3.05) is 42.0 Å². The van der Waals surface area contributed by atoms with Crippen molar-refractivity contribution in [3.05, 3.63) is 44.5 Å². The molecule has 2 aromatic rings. The Labute approximate surface area is 197 Å². The van der Waals surface area contributed by atoms with Gasteiger partial charge >= 0.3 is 0 Å². The Morgan fingerprint density at radius 2 is 1.39 bits per heavy atom. The molecular formula is C21H25I2NO4. The number of halogens is 2. The lowest BCUT2D eigenvalue weighted by molar-refractivity contribution is -0.498. The summed E-state index contributed by atoms with van der Waals surface area (Å²) in [6.07, 6.45) is 1.79. The number of methoxy groups -OCH3 is 4. The van der Waals surface area contributed by atoms with E-state index in [4.69, 9.17) is 18.9 Å². The highest BCUT2D eigenvalue weighted by Gasteiger charge is 2.27. The van der Waals surface area contributed by atoms with E-state index in [9.17, 15) is 0 Å². The molecule has 5 nitrogen and oxygen atoms in total. The van der Waals surface area contributed by atoms with E-state index in [-0.39, 0.29) is 24.0 Å². The van der Waals surface area contributed by atoms with Crippen LogP contribution in [-0.2, 0) is 12.8 Å². The maximum absolute atomic E-state index is 5.53. The Hall–Kier alpha value is -1.23. The van der Waals surface area contributed by atoms with E-state index in [1.54, 1.807) is 28.4 Å². The van der Waals surface area contributed by atoms with Gasteiger partial charge in [-0.05, 0) is 58.0 Å². The summed E-state index contributed by atoms with van der Waals surface area (Å²) in [5.74, 6) is 3.03. The Morgan fingerprint density at radius 3 is 2.00 bits per heavy atom. The number of ether oxygens (including phenoxy) is 4. The zero-order valence-corrected chi connectivity index (χ0v) is 21.1. The van der Waals surface area contributed by atoms with Crippen LogP contribution in [0.1, 0.15) is 16.7 Å². The number of rotatable bonds is 6.